The fourth-order valence-corrected chi connectivity index (χ4v) is 2.98. The van der Waals surface area contributed by atoms with E-state index in [1.165, 1.54) is 11.0 Å². The fourth-order valence-electron chi connectivity index (χ4n) is 2.98. The van der Waals surface area contributed by atoms with E-state index in [0.717, 1.165) is 11.1 Å². The summed E-state index contributed by atoms with van der Waals surface area (Å²) in [5.41, 5.74) is 3.48. The molecule has 0 amide bonds. The van der Waals surface area contributed by atoms with E-state index < -0.39 is 18.8 Å². The van der Waals surface area contributed by atoms with Crippen LogP contribution < -0.4 is 0 Å². The van der Waals surface area contributed by atoms with Crippen molar-refractivity contribution in [1.82, 2.24) is 4.90 Å². The second kappa shape index (κ2) is 9.26. The zero-order valence-corrected chi connectivity index (χ0v) is 15.8. The fraction of sp³-hybridized carbons (Fsp3) is 0.217. The van der Waals surface area contributed by atoms with Crippen molar-refractivity contribution >= 4 is 11.3 Å². The molecular weight excluding hydrogens is 347 g/mol. The van der Waals surface area contributed by atoms with Crippen LogP contribution in [-0.4, -0.2) is 17.9 Å². The predicted molar refractivity (Wildman–Crippen MR) is 107 cm³/mol. The Bertz CT molecular complexity index is 851. The van der Waals surface area contributed by atoms with Gasteiger partial charge in [-0.15, -0.1) is 0 Å². The van der Waals surface area contributed by atoms with Gasteiger partial charge in [-0.2, -0.15) is 0 Å². The predicted octanol–water partition coefficient (Wildman–Crippen LogP) is 6.76. The Labute approximate surface area is 159 Å². The summed E-state index contributed by atoms with van der Waals surface area (Å²) in [6.07, 6.45) is -0.692. The second-order valence-electron chi connectivity index (χ2n) is 5.88. The number of benzene rings is 2. The van der Waals surface area contributed by atoms with Crippen LogP contribution in [0, 0.1) is 5.82 Å². The minimum absolute atomic E-state index is 0.284. The van der Waals surface area contributed by atoms with Gasteiger partial charge in [0.2, 0.25) is 0 Å². The molecule has 142 valence electrons. The molecule has 0 radical (unpaired) electrons. The Hall–Kier alpha value is -2.75. The van der Waals surface area contributed by atoms with Crippen LogP contribution >= 0.6 is 0 Å². The van der Waals surface area contributed by atoms with Crippen molar-refractivity contribution in [2.45, 2.75) is 27.2 Å². The van der Waals surface area contributed by atoms with Crippen LogP contribution in [0.1, 0.15) is 31.9 Å². The number of rotatable bonds is 4. The number of nitrogens with zero attached hydrogens (tertiary/aromatic N) is 1. The van der Waals surface area contributed by atoms with Crippen molar-refractivity contribution in [1.29, 1.82) is 0 Å². The van der Waals surface area contributed by atoms with Crippen molar-refractivity contribution < 1.29 is 13.2 Å². The summed E-state index contributed by atoms with van der Waals surface area (Å²) in [7, 11) is 0. The molecule has 0 aromatic heterocycles. The van der Waals surface area contributed by atoms with Gasteiger partial charge in [0.15, 0.2) is 0 Å². The van der Waals surface area contributed by atoms with Crippen molar-refractivity contribution in [3.63, 3.8) is 0 Å². The second-order valence-corrected chi connectivity index (χ2v) is 5.88. The summed E-state index contributed by atoms with van der Waals surface area (Å²) >= 11 is 0. The molecule has 0 aliphatic carbocycles. The summed E-state index contributed by atoms with van der Waals surface area (Å²) in [6, 6.07) is 15.6. The van der Waals surface area contributed by atoms with E-state index in [0.29, 0.717) is 17.0 Å². The quantitative estimate of drug-likeness (QED) is 0.574. The zero-order chi connectivity index (χ0) is 20.0. The smallest absolute Gasteiger partial charge is 0.256 e. The standard InChI is InChI=1S/C21H18F3N.C2H6/c1-14-12-18(16-8-4-3-5-9-16)21(17-10-6-7-11-19(17)22)25(15(14)2)13-20(23)24;1-2/h3-12,20H,2,13H2,1H3;1-2H3. The van der Waals surface area contributed by atoms with E-state index in [4.69, 9.17) is 0 Å². The van der Waals surface area contributed by atoms with Crippen LogP contribution in [0.25, 0.3) is 11.3 Å². The molecule has 0 fully saturated rings. The third-order valence-electron chi connectivity index (χ3n) is 4.20. The largest absolute Gasteiger partial charge is 0.335 e. The highest BCUT2D eigenvalue weighted by atomic mass is 19.3. The van der Waals surface area contributed by atoms with Crippen molar-refractivity contribution in [3.8, 4) is 0 Å². The SMILES string of the molecule is C=C1C(C)=CC(c2ccccc2)=C(c2ccccc2F)N1CC(F)F.CC. The highest BCUT2D eigenvalue weighted by molar-refractivity contribution is 5.97. The summed E-state index contributed by atoms with van der Waals surface area (Å²) in [4.78, 5) is 1.42. The molecule has 0 atom stereocenters. The molecule has 1 nitrogen and oxygen atoms in total. The van der Waals surface area contributed by atoms with Gasteiger partial charge in [0.05, 0.1) is 12.2 Å². The lowest BCUT2D eigenvalue weighted by atomic mass is 9.92. The topological polar surface area (TPSA) is 3.24 Å². The normalized spacial score (nSPS) is 14.1. The molecular formula is C23H24F3N. The molecule has 0 unspecified atom stereocenters. The summed E-state index contributed by atoms with van der Waals surface area (Å²) in [6.45, 7) is 9.21. The van der Waals surface area contributed by atoms with Crippen LogP contribution in [0.3, 0.4) is 0 Å². The molecule has 0 N–H and O–H groups in total. The maximum atomic E-state index is 14.5. The van der Waals surface area contributed by atoms with Gasteiger partial charge in [-0.05, 0) is 36.3 Å². The molecule has 1 aliphatic rings. The average Bonchev–Trinajstić information content (AvgIpc) is 2.68. The number of allylic oxidation sites excluding steroid dienone is 3. The maximum Gasteiger partial charge on any atom is 0.256 e. The number of halogens is 3. The molecule has 2 aromatic carbocycles. The summed E-state index contributed by atoms with van der Waals surface area (Å²) < 4.78 is 40.9. The van der Waals surface area contributed by atoms with Crippen LogP contribution in [0.5, 0.6) is 0 Å². The average molecular weight is 371 g/mol. The van der Waals surface area contributed by atoms with Crippen LogP contribution in [0.2, 0.25) is 0 Å². The molecule has 3 rings (SSSR count). The zero-order valence-electron chi connectivity index (χ0n) is 15.8. The molecule has 0 saturated heterocycles. The first-order valence-electron chi connectivity index (χ1n) is 8.97. The molecule has 0 saturated carbocycles. The van der Waals surface area contributed by atoms with Gasteiger partial charge >= 0.3 is 0 Å². The molecule has 1 aliphatic heterocycles. The Morgan fingerprint density at radius 1 is 0.963 bits per heavy atom. The third-order valence-corrected chi connectivity index (χ3v) is 4.20. The van der Waals surface area contributed by atoms with Gasteiger partial charge in [-0.25, -0.2) is 13.2 Å². The third kappa shape index (κ3) is 4.51. The van der Waals surface area contributed by atoms with E-state index in [-0.39, 0.29) is 5.56 Å². The van der Waals surface area contributed by atoms with Crippen LogP contribution in [0.15, 0.2) is 78.5 Å². The van der Waals surface area contributed by atoms with E-state index in [1.807, 2.05) is 57.2 Å². The van der Waals surface area contributed by atoms with Gasteiger partial charge < -0.3 is 4.90 Å². The van der Waals surface area contributed by atoms with E-state index in [2.05, 4.69) is 6.58 Å². The minimum atomic E-state index is -2.57. The number of hydrogen-bond acceptors (Lipinski definition) is 1. The number of alkyl halides is 2. The van der Waals surface area contributed by atoms with E-state index in [9.17, 15) is 13.2 Å². The van der Waals surface area contributed by atoms with Crippen LogP contribution in [0.4, 0.5) is 13.2 Å². The highest BCUT2D eigenvalue weighted by Gasteiger charge is 2.28. The molecule has 4 heteroatoms. The van der Waals surface area contributed by atoms with Gasteiger partial charge in [-0.1, -0.05) is 62.9 Å². The highest BCUT2D eigenvalue weighted by Crippen LogP contribution is 2.40. The summed E-state index contributed by atoms with van der Waals surface area (Å²) in [5.74, 6) is -0.453. The first kappa shape index (κ1) is 20.6. The lowest BCUT2D eigenvalue weighted by molar-refractivity contribution is 0.123. The monoisotopic (exact) mass is 371 g/mol. The molecule has 27 heavy (non-hydrogen) atoms. The summed E-state index contributed by atoms with van der Waals surface area (Å²) in [5, 5.41) is 0. The van der Waals surface area contributed by atoms with E-state index in [1.54, 1.807) is 18.2 Å². The lowest BCUT2D eigenvalue weighted by Crippen LogP contribution is -2.30. The first-order chi connectivity index (χ1) is 13.0. The maximum absolute atomic E-state index is 14.5. The Morgan fingerprint density at radius 3 is 2.15 bits per heavy atom. The molecule has 0 spiro atoms. The van der Waals surface area contributed by atoms with Gasteiger partial charge in [0.25, 0.3) is 6.43 Å². The molecule has 2 aromatic rings. The molecule has 0 bridgehead atoms. The Kier molecular flexibility index (Phi) is 7.05. The Balaban J connectivity index is 0.00000126. The van der Waals surface area contributed by atoms with Gasteiger partial charge in [0, 0.05) is 16.8 Å². The van der Waals surface area contributed by atoms with Crippen molar-refractivity contribution in [2.24, 2.45) is 0 Å². The van der Waals surface area contributed by atoms with Gasteiger partial charge in [0.1, 0.15) is 5.82 Å². The minimum Gasteiger partial charge on any atom is -0.335 e. The lowest BCUT2D eigenvalue weighted by Gasteiger charge is -2.35. The van der Waals surface area contributed by atoms with Crippen molar-refractivity contribution in [2.75, 3.05) is 6.54 Å². The van der Waals surface area contributed by atoms with E-state index >= 15 is 0 Å². The Morgan fingerprint density at radius 2 is 1.56 bits per heavy atom. The molecule has 1 heterocycles. The first-order valence-corrected chi connectivity index (χ1v) is 8.97. The number of hydrogen-bond donors (Lipinski definition) is 0. The van der Waals surface area contributed by atoms with Crippen molar-refractivity contribution in [3.05, 3.63) is 95.5 Å². The van der Waals surface area contributed by atoms with Crippen LogP contribution in [-0.2, 0) is 0 Å². The van der Waals surface area contributed by atoms with Gasteiger partial charge in [-0.3, -0.25) is 0 Å².